The third-order valence-corrected chi connectivity index (χ3v) is 5.67. The van der Waals surface area contributed by atoms with Crippen molar-refractivity contribution < 1.29 is 14.4 Å². The van der Waals surface area contributed by atoms with Crippen LogP contribution in [0.3, 0.4) is 0 Å². The van der Waals surface area contributed by atoms with Crippen molar-refractivity contribution in [3.63, 3.8) is 0 Å². The molecule has 27 heavy (non-hydrogen) atoms. The normalized spacial score (nSPS) is 24.4. The molecule has 3 heterocycles. The molecule has 2 aliphatic rings. The molecule has 7 heteroatoms. The van der Waals surface area contributed by atoms with Gasteiger partial charge in [0.1, 0.15) is 0 Å². The van der Waals surface area contributed by atoms with Gasteiger partial charge in [0.25, 0.3) is 0 Å². The lowest BCUT2D eigenvalue weighted by Gasteiger charge is -2.38. The fraction of sp³-hybridized carbons (Fsp3) is 0.550. The van der Waals surface area contributed by atoms with Crippen molar-refractivity contribution in [2.24, 2.45) is 0 Å². The van der Waals surface area contributed by atoms with Crippen molar-refractivity contribution in [1.29, 1.82) is 0 Å². The van der Waals surface area contributed by atoms with Crippen LogP contribution in [0.4, 0.5) is 0 Å². The molecule has 1 N–H and O–H groups in total. The number of carbonyl (C=O) groups excluding carboxylic acids is 1. The second kappa shape index (κ2) is 7.78. The molecule has 1 aromatic heterocycles. The molecular formula is C20H26N4O3. The van der Waals surface area contributed by atoms with Gasteiger partial charge in [-0.3, -0.25) is 9.69 Å². The first kappa shape index (κ1) is 18.1. The van der Waals surface area contributed by atoms with Crippen molar-refractivity contribution in [2.45, 2.75) is 50.8 Å². The highest BCUT2D eigenvalue weighted by Gasteiger charge is 2.40. The lowest BCUT2D eigenvalue weighted by molar-refractivity contribution is -0.130. The fourth-order valence-electron chi connectivity index (χ4n) is 4.25. The van der Waals surface area contributed by atoms with Crippen LogP contribution in [0.15, 0.2) is 34.9 Å². The fourth-order valence-corrected chi connectivity index (χ4v) is 4.25. The van der Waals surface area contributed by atoms with Crippen LogP contribution < -0.4 is 0 Å². The highest BCUT2D eigenvalue weighted by Crippen LogP contribution is 2.35. The Bertz CT molecular complexity index is 771. The number of carbonyl (C=O) groups is 1. The second-order valence-electron chi connectivity index (χ2n) is 7.55. The summed E-state index contributed by atoms with van der Waals surface area (Å²) in [6.45, 7) is 3.77. The van der Waals surface area contributed by atoms with E-state index in [2.05, 4.69) is 15.0 Å². The zero-order chi connectivity index (χ0) is 18.8. The average Bonchev–Trinajstić information content (AvgIpc) is 3.29. The summed E-state index contributed by atoms with van der Waals surface area (Å²) in [4.78, 5) is 20.4. The van der Waals surface area contributed by atoms with Gasteiger partial charge in [-0.25, -0.2) is 0 Å². The predicted molar refractivity (Wildman–Crippen MR) is 98.9 cm³/mol. The zero-order valence-corrected chi connectivity index (χ0v) is 15.6. The van der Waals surface area contributed by atoms with Gasteiger partial charge in [0.15, 0.2) is 5.82 Å². The van der Waals surface area contributed by atoms with Gasteiger partial charge in [0.05, 0.1) is 12.1 Å². The first-order valence-corrected chi connectivity index (χ1v) is 9.66. The van der Waals surface area contributed by atoms with Gasteiger partial charge in [-0.2, -0.15) is 4.98 Å². The lowest BCUT2D eigenvalue weighted by Crippen LogP contribution is -2.46. The smallest absolute Gasteiger partial charge is 0.244 e. The van der Waals surface area contributed by atoms with E-state index in [-0.39, 0.29) is 18.1 Å². The number of amides is 1. The summed E-state index contributed by atoms with van der Waals surface area (Å²) in [7, 11) is 0. The summed E-state index contributed by atoms with van der Waals surface area (Å²) in [5.74, 6) is 1.39. The topological polar surface area (TPSA) is 82.7 Å². The molecule has 2 fully saturated rings. The Kier molecular flexibility index (Phi) is 5.22. The van der Waals surface area contributed by atoms with E-state index in [4.69, 9.17) is 4.52 Å². The summed E-state index contributed by atoms with van der Waals surface area (Å²) in [5, 5.41) is 14.4. The molecule has 0 saturated carbocycles. The molecule has 0 bridgehead atoms. The van der Waals surface area contributed by atoms with Gasteiger partial charge in [-0.05, 0) is 24.8 Å². The van der Waals surface area contributed by atoms with E-state index in [1.807, 2.05) is 35.2 Å². The maximum Gasteiger partial charge on any atom is 0.244 e. The first-order valence-electron chi connectivity index (χ1n) is 9.66. The van der Waals surface area contributed by atoms with Crippen LogP contribution in [-0.2, 0) is 11.2 Å². The molecule has 0 aliphatic carbocycles. The van der Waals surface area contributed by atoms with E-state index >= 15 is 0 Å². The monoisotopic (exact) mass is 370 g/mol. The Labute approximate surface area is 159 Å². The van der Waals surface area contributed by atoms with Gasteiger partial charge in [-0.1, -0.05) is 35.5 Å². The van der Waals surface area contributed by atoms with Crippen LogP contribution in [-0.4, -0.2) is 62.7 Å². The van der Waals surface area contributed by atoms with E-state index < -0.39 is 0 Å². The molecular weight excluding hydrogens is 344 g/mol. The summed E-state index contributed by atoms with van der Waals surface area (Å²) in [5.41, 5.74) is 1.14. The van der Waals surface area contributed by atoms with E-state index in [1.165, 1.54) is 0 Å². The molecule has 2 aromatic rings. The minimum Gasteiger partial charge on any atom is -0.392 e. The van der Waals surface area contributed by atoms with Crippen molar-refractivity contribution in [2.75, 3.05) is 19.6 Å². The van der Waals surface area contributed by atoms with Crippen LogP contribution in [0, 0.1) is 0 Å². The number of aliphatic hydroxyl groups is 1. The van der Waals surface area contributed by atoms with E-state index in [0.29, 0.717) is 37.1 Å². The molecule has 1 amide bonds. The molecule has 0 spiro atoms. The van der Waals surface area contributed by atoms with E-state index in [0.717, 1.165) is 31.5 Å². The molecule has 4 rings (SSSR count). The van der Waals surface area contributed by atoms with Crippen molar-refractivity contribution in [3.8, 4) is 0 Å². The van der Waals surface area contributed by atoms with Crippen molar-refractivity contribution in [1.82, 2.24) is 19.9 Å². The maximum absolute atomic E-state index is 11.6. The minimum atomic E-state index is -0.384. The third-order valence-electron chi connectivity index (χ3n) is 5.67. The summed E-state index contributed by atoms with van der Waals surface area (Å²) in [6, 6.07) is 10.4. The average molecular weight is 370 g/mol. The third kappa shape index (κ3) is 4.04. The molecule has 7 nitrogen and oxygen atoms in total. The molecule has 2 aliphatic heterocycles. The highest BCUT2D eigenvalue weighted by atomic mass is 16.5. The van der Waals surface area contributed by atoms with E-state index in [1.54, 1.807) is 6.92 Å². The zero-order valence-electron chi connectivity index (χ0n) is 15.6. The standard InChI is InChI=1S/C20H26N4O3/c1-14(25)23-9-7-16(8-10-23)24-13-17(26)12-18(24)20-21-19(22-27-20)11-15-5-3-2-4-6-15/h2-6,16-18,26H,7-13H2,1H3/t17-,18+/m1/s1. The number of nitrogens with zero attached hydrogens (tertiary/aromatic N) is 4. The number of β-amino-alcohol motifs (C(OH)–C–C–N with tert-alkyl or cyclic N) is 1. The molecule has 144 valence electrons. The van der Waals surface area contributed by atoms with Crippen molar-refractivity contribution in [3.05, 3.63) is 47.6 Å². The van der Waals surface area contributed by atoms with Gasteiger partial charge in [0.2, 0.25) is 11.8 Å². The molecule has 2 atom stereocenters. The van der Waals surface area contributed by atoms with Gasteiger partial charge >= 0.3 is 0 Å². The van der Waals surface area contributed by atoms with Crippen LogP contribution in [0.2, 0.25) is 0 Å². The number of benzene rings is 1. The molecule has 0 radical (unpaired) electrons. The van der Waals surface area contributed by atoms with Gasteiger partial charge in [0, 0.05) is 39.0 Å². The number of likely N-dealkylation sites (tertiary alicyclic amines) is 2. The van der Waals surface area contributed by atoms with Crippen LogP contribution >= 0.6 is 0 Å². The van der Waals surface area contributed by atoms with Gasteiger partial charge < -0.3 is 14.5 Å². The van der Waals surface area contributed by atoms with Crippen molar-refractivity contribution >= 4 is 5.91 Å². The largest absolute Gasteiger partial charge is 0.392 e. The number of hydrogen-bond donors (Lipinski definition) is 1. The van der Waals surface area contributed by atoms with Crippen LogP contribution in [0.5, 0.6) is 0 Å². The second-order valence-corrected chi connectivity index (χ2v) is 7.55. The lowest BCUT2D eigenvalue weighted by atomic mass is 10.0. The SMILES string of the molecule is CC(=O)N1CCC(N2C[C@H](O)C[C@H]2c2nc(Cc3ccccc3)no2)CC1. The summed E-state index contributed by atoms with van der Waals surface area (Å²) < 4.78 is 5.57. The number of rotatable bonds is 4. The molecule has 1 aromatic carbocycles. The Morgan fingerprint density at radius 2 is 2.00 bits per heavy atom. The predicted octanol–water partition coefficient (Wildman–Crippen LogP) is 1.78. The summed E-state index contributed by atoms with van der Waals surface area (Å²) >= 11 is 0. The number of hydrogen-bond acceptors (Lipinski definition) is 6. The van der Waals surface area contributed by atoms with E-state index in [9.17, 15) is 9.90 Å². The molecule has 2 saturated heterocycles. The maximum atomic E-state index is 11.6. The van der Waals surface area contributed by atoms with Crippen LogP contribution in [0.1, 0.15) is 49.5 Å². The quantitative estimate of drug-likeness (QED) is 0.883. The Morgan fingerprint density at radius 1 is 1.26 bits per heavy atom. The number of aromatic nitrogens is 2. The Hall–Kier alpha value is -2.25. The number of piperidine rings is 1. The number of aliphatic hydroxyl groups excluding tert-OH is 1. The molecule has 0 unspecified atom stereocenters. The van der Waals surface area contributed by atoms with Crippen LogP contribution in [0.25, 0.3) is 0 Å². The summed E-state index contributed by atoms with van der Waals surface area (Å²) in [6.07, 6.45) is 2.68. The Morgan fingerprint density at radius 3 is 2.70 bits per heavy atom. The Balaban J connectivity index is 1.45. The minimum absolute atomic E-state index is 0.0501. The van der Waals surface area contributed by atoms with Gasteiger partial charge in [-0.15, -0.1) is 0 Å². The highest BCUT2D eigenvalue weighted by molar-refractivity contribution is 5.73. The first-order chi connectivity index (χ1) is 13.1.